The van der Waals surface area contributed by atoms with Gasteiger partial charge in [-0.15, -0.1) is 11.3 Å². The lowest BCUT2D eigenvalue weighted by Crippen LogP contribution is -2.27. The Morgan fingerprint density at radius 2 is 1.71 bits per heavy atom. The Bertz CT molecular complexity index is 791. The normalized spacial score (nSPS) is 11.2. The molecule has 2 aromatic rings. The number of anilines is 2. The molecule has 1 aromatic carbocycles. The fourth-order valence-corrected chi connectivity index (χ4v) is 3.45. The lowest BCUT2D eigenvalue weighted by atomic mass is 9.96. The van der Waals surface area contributed by atoms with Crippen molar-refractivity contribution in [1.82, 2.24) is 0 Å². The van der Waals surface area contributed by atoms with Crippen LogP contribution in [0.4, 0.5) is 10.7 Å². The smallest absolute Gasteiger partial charge is 0.266 e. The van der Waals surface area contributed by atoms with Gasteiger partial charge in [0.1, 0.15) is 0 Å². The molecule has 24 heavy (non-hydrogen) atoms. The number of carbonyl (C=O) groups is 2. The largest absolute Gasteiger partial charge is 0.321 e. The van der Waals surface area contributed by atoms with E-state index < -0.39 is 5.41 Å². The van der Waals surface area contributed by atoms with Gasteiger partial charge in [0.15, 0.2) is 0 Å². The number of amides is 2. The summed E-state index contributed by atoms with van der Waals surface area (Å²) < 4.78 is 0.970. The fourth-order valence-electron chi connectivity index (χ4n) is 2.01. The number of rotatable bonds is 3. The number of carbonyl (C=O) groups excluding carboxylic acids is 2. The Balaban J connectivity index is 2.17. The average molecular weight is 409 g/mol. The molecule has 128 valence electrons. The first kappa shape index (κ1) is 18.7. The number of nitrogens with one attached hydrogen (secondary N) is 2. The summed E-state index contributed by atoms with van der Waals surface area (Å²) in [5, 5.41) is 6.49. The van der Waals surface area contributed by atoms with Crippen molar-refractivity contribution in [3.63, 3.8) is 0 Å². The molecule has 0 saturated heterocycles. The van der Waals surface area contributed by atoms with Crippen LogP contribution in [0.25, 0.3) is 0 Å². The Kier molecular flexibility index (Phi) is 5.50. The van der Waals surface area contributed by atoms with Crippen LogP contribution in [0, 0.1) is 19.3 Å². The number of hydrogen-bond donors (Lipinski definition) is 2. The number of benzene rings is 1. The average Bonchev–Trinajstić information content (AvgIpc) is 2.81. The summed E-state index contributed by atoms with van der Waals surface area (Å²) in [5.41, 5.74) is 2.12. The SMILES string of the molecule is Cc1cc(Br)ccc1NC(=O)c1sc(NC(=O)C(C)(C)C)cc1C. The van der Waals surface area contributed by atoms with Crippen molar-refractivity contribution in [2.75, 3.05) is 10.6 Å². The van der Waals surface area contributed by atoms with Crippen LogP contribution in [-0.4, -0.2) is 11.8 Å². The van der Waals surface area contributed by atoms with Gasteiger partial charge >= 0.3 is 0 Å². The molecule has 0 bridgehead atoms. The molecule has 0 fully saturated rings. The van der Waals surface area contributed by atoms with Gasteiger partial charge in [-0.2, -0.15) is 0 Å². The van der Waals surface area contributed by atoms with Crippen LogP contribution < -0.4 is 10.6 Å². The highest BCUT2D eigenvalue weighted by atomic mass is 79.9. The molecule has 0 aliphatic rings. The summed E-state index contributed by atoms with van der Waals surface area (Å²) >= 11 is 4.70. The zero-order valence-corrected chi connectivity index (χ0v) is 16.8. The molecule has 4 nitrogen and oxygen atoms in total. The number of aryl methyl sites for hydroxylation is 2. The Labute approximate surface area is 154 Å². The minimum atomic E-state index is -0.477. The number of halogens is 1. The summed E-state index contributed by atoms with van der Waals surface area (Å²) in [7, 11) is 0. The van der Waals surface area contributed by atoms with Gasteiger partial charge in [-0.25, -0.2) is 0 Å². The molecular weight excluding hydrogens is 388 g/mol. The van der Waals surface area contributed by atoms with Crippen LogP contribution in [-0.2, 0) is 4.79 Å². The minimum absolute atomic E-state index is 0.0699. The van der Waals surface area contributed by atoms with Gasteiger partial charge in [0.05, 0.1) is 9.88 Å². The molecular formula is C18H21BrN2O2S. The zero-order valence-electron chi connectivity index (χ0n) is 14.4. The second-order valence-electron chi connectivity index (χ2n) is 6.74. The highest BCUT2D eigenvalue weighted by molar-refractivity contribution is 9.10. The van der Waals surface area contributed by atoms with E-state index in [4.69, 9.17) is 0 Å². The van der Waals surface area contributed by atoms with Gasteiger partial charge in [0.2, 0.25) is 5.91 Å². The van der Waals surface area contributed by atoms with E-state index in [-0.39, 0.29) is 11.8 Å². The van der Waals surface area contributed by atoms with E-state index in [1.807, 2.05) is 58.9 Å². The molecule has 0 atom stereocenters. The Morgan fingerprint density at radius 3 is 2.29 bits per heavy atom. The first-order valence-corrected chi connectivity index (χ1v) is 9.18. The predicted octanol–water partition coefficient (Wildman–Crippen LogP) is 5.36. The van der Waals surface area contributed by atoms with Gasteiger partial charge in [-0.1, -0.05) is 36.7 Å². The summed E-state index contributed by atoms with van der Waals surface area (Å²) in [6, 6.07) is 7.53. The lowest BCUT2D eigenvalue weighted by molar-refractivity contribution is -0.123. The third-order valence-corrected chi connectivity index (χ3v) is 5.12. The predicted molar refractivity (Wildman–Crippen MR) is 104 cm³/mol. The van der Waals surface area contributed by atoms with E-state index in [1.165, 1.54) is 11.3 Å². The second-order valence-corrected chi connectivity index (χ2v) is 8.71. The molecule has 6 heteroatoms. The maximum Gasteiger partial charge on any atom is 0.266 e. The molecule has 2 rings (SSSR count). The number of hydrogen-bond acceptors (Lipinski definition) is 3. The van der Waals surface area contributed by atoms with E-state index in [0.29, 0.717) is 9.88 Å². The molecule has 2 amide bonds. The second kappa shape index (κ2) is 7.07. The van der Waals surface area contributed by atoms with Gasteiger partial charge in [-0.05, 0) is 49.2 Å². The first-order valence-electron chi connectivity index (χ1n) is 7.57. The van der Waals surface area contributed by atoms with Crippen LogP contribution in [0.5, 0.6) is 0 Å². The highest BCUT2D eigenvalue weighted by Gasteiger charge is 2.23. The molecule has 1 aromatic heterocycles. The van der Waals surface area contributed by atoms with Crippen molar-refractivity contribution in [1.29, 1.82) is 0 Å². The van der Waals surface area contributed by atoms with Gasteiger partial charge in [0, 0.05) is 15.6 Å². The molecule has 0 spiro atoms. The monoisotopic (exact) mass is 408 g/mol. The standard InChI is InChI=1S/C18H21BrN2O2S/c1-10-8-12(19)6-7-13(10)20-16(22)15-11(2)9-14(24-15)21-17(23)18(3,4)5/h6-9H,1-5H3,(H,20,22)(H,21,23). The van der Waals surface area contributed by atoms with Crippen LogP contribution in [0.3, 0.4) is 0 Å². The van der Waals surface area contributed by atoms with Crippen molar-refractivity contribution >= 4 is 49.8 Å². The molecule has 0 aliphatic heterocycles. The zero-order chi connectivity index (χ0) is 18.1. The first-order chi connectivity index (χ1) is 11.1. The van der Waals surface area contributed by atoms with Crippen molar-refractivity contribution in [3.05, 3.63) is 44.7 Å². The maximum atomic E-state index is 12.5. The lowest BCUT2D eigenvalue weighted by Gasteiger charge is -2.16. The van der Waals surface area contributed by atoms with E-state index in [1.54, 1.807) is 0 Å². The summed E-state index contributed by atoms with van der Waals surface area (Å²) in [6.07, 6.45) is 0. The molecule has 0 radical (unpaired) electrons. The van der Waals surface area contributed by atoms with Gasteiger partial charge in [0.25, 0.3) is 5.91 Å². The fraction of sp³-hybridized carbons (Fsp3) is 0.333. The highest BCUT2D eigenvalue weighted by Crippen LogP contribution is 2.29. The molecule has 2 N–H and O–H groups in total. The molecule has 0 unspecified atom stereocenters. The quantitative estimate of drug-likeness (QED) is 0.717. The Morgan fingerprint density at radius 1 is 1.04 bits per heavy atom. The van der Waals surface area contributed by atoms with E-state index in [0.717, 1.165) is 21.3 Å². The molecule has 0 saturated carbocycles. The maximum absolute atomic E-state index is 12.5. The van der Waals surface area contributed by atoms with Crippen LogP contribution in [0.1, 0.15) is 41.6 Å². The third-order valence-electron chi connectivity index (χ3n) is 3.48. The minimum Gasteiger partial charge on any atom is -0.321 e. The van der Waals surface area contributed by atoms with E-state index in [9.17, 15) is 9.59 Å². The van der Waals surface area contributed by atoms with Crippen molar-refractivity contribution < 1.29 is 9.59 Å². The van der Waals surface area contributed by atoms with Crippen LogP contribution in [0.15, 0.2) is 28.7 Å². The Hall–Kier alpha value is -1.66. The summed E-state index contributed by atoms with van der Waals surface area (Å²) in [6.45, 7) is 9.37. The van der Waals surface area contributed by atoms with Crippen LogP contribution >= 0.6 is 27.3 Å². The van der Waals surface area contributed by atoms with Gasteiger partial charge < -0.3 is 10.6 Å². The summed E-state index contributed by atoms with van der Waals surface area (Å²) in [4.78, 5) is 25.2. The van der Waals surface area contributed by atoms with Crippen molar-refractivity contribution in [2.45, 2.75) is 34.6 Å². The topological polar surface area (TPSA) is 58.2 Å². The van der Waals surface area contributed by atoms with E-state index >= 15 is 0 Å². The van der Waals surface area contributed by atoms with Gasteiger partial charge in [-0.3, -0.25) is 9.59 Å². The molecule has 0 aliphatic carbocycles. The van der Waals surface area contributed by atoms with Crippen LogP contribution in [0.2, 0.25) is 0 Å². The molecule has 1 heterocycles. The van der Waals surface area contributed by atoms with E-state index in [2.05, 4.69) is 26.6 Å². The van der Waals surface area contributed by atoms with Crippen molar-refractivity contribution in [2.24, 2.45) is 5.41 Å². The van der Waals surface area contributed by atoms with Crippen molar-refractivity contribution in [3.8, 4) is 0 Å². The summed E-state index contributed by atoms with van der Waals surface area (Å²) in [5.74, 6) is -0.237. The third kappa shape index (κ3) is 4.45. The number of thiophene rings is 1.